The van der Waals surface area contributed by atoms with Gasteiger partial charge in [-0.25, -0.2) is 0 Å². The summed E-state index contributed by atoms with van der Waals surface area (Å²) >= 11 is 0. The van der Waals surface area contributed by atoms with E-state index in [4.69, 9.17) is 5.73 Å². The minimum Gasteiger partial charge on any atom is -0.505 e. The van der Waals surface area contributed by atoms with Gasteiger partial charge in [0.1, 0.15) is 22.5 Å². The first-order valence-electron chi connectivity index (χ1n) is 9.13. The molecule has 3 N–H and O–H groups in total. The minimum atomic E-state index is 0.189. The maximum atomic E-state index is 10.7. The van der Waals surface area contributed by atoms with Crippen LogP contribution < -0.4 is 5.73 Å². The fourth-order valence-electron chi connectivity index (χ4n) is 3.11. The second kappa shape index (κ2) is 8.01. The lowest BCUT2D eigenvalue weighted by Crippen LogP contribution is -2.03. The largest absolute Gasteiger partial charge is 0.505 e. The molecule has 5 nitrogen and oxygen atoms in total. The van der Waals surface area contributed by atoms with E-state index in [0.717, 1.165) is 35.9 Å². The van der Waals surface area contributed by atoms with E-state index in [1.807, 2.05) is 30.3 Å². The fraction of sp³-hybridized carbons (Fsp3) is 0.400. The van der Waals surface area contributed by atoms with Crippen molar-refractivity contribution >= 4 is 16.7 Å². The molecule has 0 bridgehead atoms. The standard InChI is InChI=1S/C20H26N4O/c1-2-3-4-5-6-7-10-15-16(21)13-14-19(20(15)25)24-22-17-11-8-9-12-18(17)23-24/h8-9,11-14,25H,2-7,10,21H2,1H3. The lowest BCUT2D eigenvalue weighted by Gasteiger charge is -2.12. The Hall–Kier alpha value is -2.56. The number of rotatable bonds is 8. The minimum absolute atomic E-state index is 0.189. The van der Waals surface area contributed by atoms with Gasteiger partial charge in [-0.2, -0.15) is 0 Å². The molecule has 0 saturated carbocycles. The molecule has 0 aliphatic heterocycles. The number of nitrogen functional groups attached to an aromatic ring is 1. The molecule has 3 rings (SSSR count). The Bertz CT molecular complexity index is 808. The smallest absolute Gasteiger partial charge is 0.148 e. The topological polar surface area (TPSA) is 77.0 Å². The Kier molecular flexibility index (Phi) is 5.53. The van der Waals surface area contributed by atoms with Crippen LogP contribution in [0.3, 0.4) is 0 Å². The van der Waals surface area contributed by atoms with Crippen LogP contribution in [0.25, 0.3) is 16.7 Å². The number of nitrogens with two attached hydrogens (primary N) is 1. The molecule has 5 heteroatoms. The monoisotopic (exact) mass is 338 g/mol. The Balaban J connectivity index is 1.77. The van der Waals surface area contributed by atoms with Crippen LogP contribution in [0.4, 0.5) is 5.69 Å². The van der Waals surface area contributed by atoms with Crippen LogP contribution >= 0.6 is 0 Å². The number of unbranched alkanes of at least 4 members (excludes halogenated alkanes) is 5. The molecule has 132 valence electrons. The van der Waals surface area contributed by atoms with Gasteiger partial charge in [0.2, 0.25) is 0 Å². The van der Waals surface area contributed by atoms with Crippen molar-refractivity contribution in [3.63, 3.8) is 0 Å². The summed E-state index contributed by atoms with van der Waals surface area (Å²) in [6, 6.07) is 11.3. The van der Waals surface area contributed by atoms with Crippen molar-refractivity contribution < 1.29 is 5.11 Å². The number of aromatic nitrogens is 3. The zero-order valence-corrected chi connectivity index (χ0v) is 14.8. The van der Waals surface area contributed by atoms with E-state index in [1.165, 1.54) is 30.5 Å². The first kappa shape index (κ1) is 17.3. The number of hydrogen-bond acceptors (Lipinski definition) is 4. The molecule has 0 amide bonds. The summed E-state index contributed by atoms with van der Waals surface area (Å²) in [5.74, 6) is 0.189. The Morgan fingerprint density at radius 2 is 1.56 bits per heavy atom. The molecule has 1 aromatic heterocycles. The third kappa shape index (κ3) is 3.92. The van der Waals surface area contributed by atoms with Crippen molar-refractivity contribution in [3.05, 3.63) is 42.0 Å². The Morgan fingerprint density at radius 3 is 2.24 bits per heavy atom. The van der Waals surface area contributed by atoms with Gasteiger partial charge in [-0.15, -0.1) is 15.0 Å². The van der Waals surface area contributed by atoms with Crippen LogP contribution in [0.15, 0.2) is 36.4 Å². The summed E-state index contributed by atoms with van der Waals surface area (Å²) in [7, 11) is 0. The SMILES string of the molecule is CCCCCCCCc1c(N)ccc(-n2nc3ccccc3n2)c1O. The highest BCUT2D eigenvalue weighted by Crippen LogP contribution is 2.32. The van der Waals surface area contributed by atoms with Gasteiger partial charge in [0, 0.05) is 11.3 Å². The van der Waals surface area contributed by atoms with E-state index in [-0.39, 0.29) is 5.75 Å². The lowest BCUT2D eigenvalue weighted by atomic mass is 10.0. The van der Waals surface area contributed by atoms with Crippen LogP contribution in [0.1, 0.15) is 51.0 Å². The predicted octanol–water partition coefficient (Wildman–Crippen LogP) is 4.61. The fourth-order valence-corrected chi connectivity index (χ4v) is 3.11. The molecule has 0 fully saturated rings. The van der Waals surface area contributed by atoms with Crippen molar-refractivity contribution in [1.29, 1.82) is 0 Å². The van der Waals surface area contributed by atoms with Gasteiger partial charge in [0.25, 0.3) is 0 Å². The maximum Gasteiger partial charge on any atom is 0.148 e. The van der Waals surface area contributed by atoms with Crippen LogP contribution in [0, 0.1) is 0 Å². The number of nitrogens with zero attached hydrogens (tertiary/aromatic N) is 3. The van der Waals surface area contributed by atoms with Crippen molar-refractivity contribution in [1.82, 2.24) is 15.0 Å². The zero-order chi connectivity index (χ0) is 17.6. The van der Waals surface area contributed by atoms with Gasteiger partial charge in [-0.05, 0) is 37.1 Å². The molecule has 0 atom stereocenters. The van der Waals surface area contributed by atoms with Crippen molar-refractivity contribution in [2.24, 2.45) is 0 Å². The van der Waals surface area contributed by atoms with E-state index in [9.17, 15) is 5.11 Å². The van der Waals surface area contributed by atoms with E-state index < -0.39 is 0 Å². The number of fused-ring (bicyclic) bond motifs is 1. The molecule has 0 unspecified atom stereocenters. The van der Waals surface area contributed by atoms with E-state index >= 15 is 0 Å². The van der Waals surface area contributed by atoms with Crippen LogP contribution in [-0.4, -0.2) is 20.1 Å². The van der Waals surface area contributed by atoms with Gasteiger partial charge in [0.15, 0.2) is 0 Å². The maximum absolute atomic E-state index is 10.7. The summed E-state index contributed by atoms with van der Waals surface area (Å²) in [6.45, 7) is 2.22. The highest BCUT2D eigenvalue weighted by Gasteiger charge is 2.14. The number of phenols is 1. The molecule has 0 radical (unpaired) electrons. The highest BCUT2D eigenvalue weighted by molar-refractivity contribution is 5.74. The Morgan fingerprint density at radius 1 is 0.920 bits per heavy atom. The van der Waals surface area contributed by atoms with Gasteiger partial charge in [-0.1, -0.05) is 51.2 Å². The van der Waals surface area contributed by atoms with E-state index in [0.29, 0.717) is 11.4 Å². The van der Waals surface area contributed by atoms with Gasteiger partial charge in [-0.3, -0.25) is 0 Å². The molecule has 2 aromatic carbocycles. The molecule has 0 spiro atoms. The summed E-state index contributed by atoms with van der Waals surface area (Å²) in [5, 5.41) is 19.6. The summed E-state index contributed by atoms with van der Waals surface area (Å²) in [5.41, 5.74) is 9.71. The molecule has 3 aromatic rings. The van der Waals surface area contributed by atoms with Gasteiger partial charge < -0.3 is 10.8 Å². The quantitative estimate of drug-likeness (QED) is 0.464. The van der Waals surface area contributed by atoms with Gasteiger partial charge >= 0.3 is 0 Å². The Labute approximate surface area is 148 Å². The van der Waals surface area contributed by atoms with Crippen LogP contribution in [0.2, 0.25) is 0 Å². The number of anilines is 1. The number of hydrogen-bond donors (Lipinski definition) is 2. The number of aromatic hydroxyl groups is 1. The van der Waals surface area contributed by atoms with Crippen molar-refractivity contribution in [3.8, 4) is 11.4 Å². The molecular formula is C20H26N4O. The van der Waals surface area contributed by atoms with E-state index in [1.54, 1.807) is 6.07 Å². The molecule has 1 heterocycles. The van der Waals surface area contributed by atoms with Crippen molar-refractivity contribution in [2.75, 3.05) is 5.73 Å². The number of benzene rings is 2. The van der Waals surface area contributed by atoms with Crippen LogP contribution in [0.5, 0.6) is 5.75 Å². The lowest BCUT2D eigenvalue weighted by molar-refractivity contribution is 0.459. The average molecular weight is 338 g/mol. The third-order valence-electron chi connectivity index (χ3n) is 4.58. The first-order chi connectivity index (χ1) is 12.2. The molecule has 0 saturated heterocycles. The average Bonchev–Trinajstić information content (AvgIpc) is 3.04. The van der Waals surface area contributed by atoms with Crippen LogP contribution in [-0.2, 0) is 6.42 Å². The third-order valence-corrected chi connectivity index (χ3v) is 4.58. The van der Waals surface area contributed by atoms with E-state index in [2.05, 4.69) is 17.1 Å². The second-order valence-electron chi connectivity index (χ2n) is 6.50. The predicted molar refractivity (Wildman–Crippen MR) is 102 cm³/mol. The summed E-state index contributed by atoms with van der Waals surface area (Å²) < 4.78 is 0. The molecule has 25 heavy (non-hydrogen) atoms. The molecular weight excluding hydrogens is 312 g/mol. The summed E-state index contributed by atoms with van der Waals surface area (Å²) in [4.78, 5) is 1.49. The van der Waals surface area contributed by atoms with Gasteiger partial charge in [0.05, 0.1) is 0 Å². The second-order valence-corrected chi connectivity index (χ2v) is 6.50. The highest BCUT2D eigenvalue weighted by atomic mass is 16.3. The molecule has 0 aliphatic rings. The summed E-state index contributed by atoms with van der Waals surface area (Å²) in [6.07, 6.45) is 8.02. The van der Waals surface area contributed by atoms with Crippen molar-refractivity contribution in [2.45, 2.75) is 51.9 Å². The normalized spacial score (nSPS) is 11.2. The molecule has 0 aliphatic carbocycles. The number of phenolic OH excluding ortho intramolecular Hbond substituents is 1. The first-order valence-corrected chi connectivity index (χ1v) is 9.13. The zero-order valence-electron chi connectivity index (χ0n) is 14.8.